The minimum atomic E-state index is 0.838. The number of rotatable bonds is 5. The summed E-state index contributed by atoms with van der Waals surface area (Å²) in [5.41, 5.74) is 7.84. The zero-order chi connectivity index (χ0) is 25.1. The van der Waals surface area contributed by atoms with Gasteiger partial charge in [0.2, 0.25) is 5.95 Å². The van der Waals surface area contributed by atoms with Gasteiger partial charge in [-0.3, -0.25) is 0 Å². The lowest BCUT2D eigenvalue weighted by Gasteiger charge is -2.38. The van der Waals surface area contributed by atoms with Crippen LogP contribution in [0, 0.1) is 20.8 Å². The van der Waals surface area contributed by atoms with Crippen molar-refractivity contribution in [1.29, 1.82) is 0 Å². The molecule has 0 unspecified atom stereocenters. The van der Waals surface area contributed by atoms with Gasteiger partial charge in [-0.2, -0.15) is 9.97 Å². The second-order valence-corrected chi connectivity index (χ2v) is 10.5. The maximum Gasteiger partial charge on any atom is 0.229 e. The van der Waals surface area contributed by atoms with Crippen LogP contribution >= 0.6 is 0 Å². The molecule has 2 aromatic rings. The first-order valence-electron chi connectivity index (χ1n) is 13.5. The van der Waals surface area contributed by atoms with Crippen LogP contribution in [0.25, 0.3) is 0 Å². The van der Waals surface area contributed by atoms with Gasteiger partial charge in [-0.15, -0.1) is 0 Å². The second kappa shape index (κ2) is 10.8. The van der Waals surface area contributed by atoms with Crippen LogP contribution in [-0.2, 0) is 0 Å². The molecule has 190 valence electrons. The standard InChI is InChI=1S/C30H40N6/c1-22-9-8-10-26(12-11-22)31-27-21-28(34-13-6-5-7-14-34)33-30(32-27)36-17-15-35(16-18-36)29-24(3)19-23(2)20-25(29)4/h9-12,19-21H,5-8,13-18H2,1-4H3,(H,31,32,33). The topological polar surface area (TPSA) is 47.5 Å². The number of anilines is 4. The summed E-state index contributed by atoms with van der Waals surface area (Å²) in [6.07, 6.45) is 13.5. The van der Waals surface area contributed by atoms with Gasteiger partial charge in [0.25, 0.3) is 0 Å². The fourth-order valence-electron chi connectivity index (χ4n) is 5.68. The molecule has 1 aliphatic carbocycles. The third-order valence-corrected chi connectivity index (χ3v) is 7.47. The highest BCUT2D eigenvalue weighted by Gasteiger charge is 2.24. The molecule has 3 aliphatic rings. The molecular weight excluding hydrogens is 444 g/mol. The van der Waals surface area contributed by atoms with Gasteiger partial charge < -0.3 is 20.0 Å². The number of piperazine rings is 1. The van der Waals surface area contributed by atoms with E-state index in [1.807, 2.05) is 0 Å². The van der Waals surface area contributed by atoms with Crippen molar-refractivity contribution in [1.82, 2.24) is 9.97 Å². The lowest BCUT2D eigenvalue weighted by atomic mass is 10.0. The average Bonchev–Trinajstić information content (AvgIpc) is 3.08. The Morgan fingerprint density at radius 3 is 2.11 bits per heavy atom. The number of nitrogens with one attached hydrogen (secondary N) is 1. The molecule has 3 heterocycles. The molecular formula is C30H40N6. The Bertz CT molecular complexity index is 1160. The number of allylic oxidation sites excluding steroid dienone is 5. The molecule has 2 saturated heterocycles. The smallest absolute Gasteiger partial charge is 0.229 e. The Balaban J connectivity index is 1.37. The quantitative estimate of drug-likeness (QED) is 0.568. The van der Waals surface area contributed by atoms with Crippen molar-refractivity contribution < 1.29 is 0 Å². The van der Waals surface area contributed by atoms with Crippen molar-refractivity contribution >= 4 is 23.3 Å². The van der Waals surface area contributed by atoms with Crippen LogP contribution in [0.1, 0.15) is 49.3 Å². The van der Waals surface area contributed by atoms with Gasteiger partial charge in [0.05, 0.1) is 0 Å². The largest absolute Gasteiger partial charge is 0.368 e. The number of aromatic nitrogens is 2. The molecule has 0 amide bonds. The Kier molecular flexibility index (Phi) is 7.30. The molecule has 0 atom stereocenters. The maximum absolute atomic E-state index is 5.08. The van der Waals surface area contributed by atoms with Crippen LogP contribution in [0.3, 0.4) is 0 Å². The summed E-state index contributed by atoms with van der Waals surface area (Å²) < 4.78 is 0. The molecule has 0 bridgehead atoms. The number of benzene rings is 1. The lowest BCUT2D eigenvalue weighted by Crippen LogP contribution is -2.47. The fourth-order valence-corrected chi connectivity index (χ4v) is 5.68. The predicted octanol–water partition coefficient (Wildman–Crippen LogP) is 5.92. The highest BCUT2D eigenvalue weighted by Crippen LogP contribution is 2.29. The zero-order valence-corrected chi connectivity index (χ0v) is 22.3. The van der Waals surface area contributed by atoms with Crippen LogP contribution in [0.5, 0.6) is 0 Å². The molecule has 1 aromatic carbocycles. The molecule has 1 N–H and O–H groups in total. The molecule has 1 aromatic heterocycles. The summed E-state index contributed by atoms with van der Waals surface area (Å²) in [5.74, 6) is 2.76. The third-order valence-electron chi connectivity index (χ3n) is 7.47. The van der Waals surface area contributed by atoms with E-state index in [1.165, 1.54) is 47.2 Å². The Labute approximate surface area is 216 Å². The van der Waals surface area contributed by atoms with E-state index in [4.69, 9.17) is 9.97 Å². The van der Waals surface area contributed by atoms with Gasteiger partial charge in [0.15, 0.2) is 0 Å². The third kappa shape index (κ3) is 5.58. The van der Waals surface area contributed by atoms with E-state index in [-0.39, 0.29) is 0 Å². The number of aryl methyl sites for hydroxylation is 3. The molecule has 6 nitrogen and oxygen atoms in total. The predicted molar refractivity (Wildman–Crippen MR) is 152 cm³/mol. The molecule has 2 aliphatic heterocycles. The van der Waals surface area contributed by atoms with Gasteiger partial charge in [-0.05, 0) is 70.6 Å². The minimum Gasteiger partial charge on any atom is -0.368 e. The first-order valence-corrected chi connectivity index (χ1v) is 13.5. The van der Waals surface area contributed by atoms with E-state index >= 15 is 0 Å². The van der Waals surface area contributed by atoms with Crippen LogP contribution in [0.2, 0.25) is 0 Å². The molecule has 2 fully saturated rings. The van der Waals surface area contributed by atoms with E-state index < -0.39 is 0 Å². The number of hydrogen-bond acceptors (Lipinski definition) is 6. The van der Waals surface area contributed by atoms with Crippen molar-refractivity contribution in [2.45, 2.75) is 53.4 Å². The zero-order valence-electron chi connectivity index (χ0n) is 22.3. The van der Waals surface area contributed by atoms with E-state index in [9.17, 15) is 0 Å². The first-order chi connectivity index (χ1) is 17.5. The van der Waals surface area contributed by atoms with Crippen LogP contribution in [0.15, 0.2) is 53.8 Å². The number of piperidine rings is 1. The van der Waals surface area contributed by atoms with E-state index in [2.05, 4.69) is 90.2 Å². The maximum atomic E-state index is 5.08. The SMILES string of the molecule is CC1=CCC=C(Nc2cc(N3CCCCC3)nc(N3CCN(c4c(C)cc(C)cc4C)CC3)n2)C=C1. The molecule has 0 radical (unpaired) electrons. The number of nitrogens with zero attached hydrogens (tertiary/aromatic N) is 5. The Morgan fingerprint density at radius 2 is 1.39 bits per heavy atom. The van der Waals surface area contributed by atoms with Gasteiger partial charge in [0.1, 0.15) is 11.6 Å². The van der Waals surface area contributed by atoms with E-state index in [1.54, 1.807) is 0 Å². The van der Waals surface area contributed by atoms with Crippen molar-refractivity contribution in [3.63, 3.8) is 0 Å². The highest BCUT2D eigenvalue weighted by molar-refractivity contribution is 5.62. The van der Waals surface area contributed by atoms with E-state index in [0.717, 1.165) is 69.0 Å². The Hall–Kier alpha value is -3.28. The molecule has 0 saturated carbocycles. The van der Waals surface area contributed by atoms with Crippen molar-refractivity contribution in [2.24, 2.45) is 0 Å². The van der Waals surface area contributed by atoms with Crippen LogP contribution < -0.4 is 20.0 Å². The summed E-state index contributed by atoms with van der Waals surface area (Å²) in [4.78, 5) is 17.4. The van der Waals surface area contributed by atoms with Gasteiger partial charge in [0, 0.05) is 56.7 Å². The monoisotopic (exact) mass is 484 g/mol. The average molecular weight is 485 g/mol. The summed E-state index contributed by atoms with van der Waals surface area (Å²) in [6, 6.07) is 6.72. The van der Waals surface area contributed by atoms with Crippen molar-refractivity contribution in [3.8, 4) is 0 Å². The number of hydrogen-bond donors (Lipinski definition) is 1. The lowest BCUT2D eigenvalue weighted by molar-refractivity contribution is 0.572. The van der Waals surface area contributed by atoms with Crippen molar-refractivity contribution in [3.05, 3.63) is 70.5 Å². The van der Waals surface area contributed by atoms with Gasteiger partial charge >= 0.3 is 0 Å². The highest BCUT2D eigenvalue weighted by atomic mass is 15.3. The summed E-state index contributed by atoms with van der Waals surface area (Å²) in [6.45, 7) is 14.7. The van der Waals surface area contributed by atoms with Gasteiger partial charge in [-0.25, -0.2) is 0 Å². The fraction of sp³-hybridized carbons (Fsp3) is 0.467. The van der Waals surface area contributed by atoms with Crippen LogP contribution in [-0.4, -0.2) is 49.2 Å². The molecule has 0 spiro atoms. The molecule has 5 rings (SSSR count). The Morgan fingerprint density at radius 1 is 0.694 bits per heavy atom. The summed E-state index contributed by atoms with van der Waals surface area (Å²) in [5, 5.41) is 3.58. The first kappa shape index (κ1) is 24.4. The summed E-state index contributed by atoms with van der Waals surface area (Å²) in [7, 11) is 0. The molecule has 36 heavy (non-hydrogen) atoms. The minimum absolute atomic E-state index is 0.838. The van der Waals surface area contributed by atoms with E-state index in [0.29, 0.717) is 0 Å². The second-order valence-electron chi connectivity index (χ2n) is 10.5. The normalized spacial score (nSPS) is 18.6. The summed E-state index contributed by atoms with van der Waals surface area (Å²) >= 11 is 0. The van der Waals surface area contributed by atoms with Gasteiger partial charge in [-0.1, -0.05) is 41.5 Å². The molecule has 6 heteroatoms. The van der Waals surface area contributed by atoms with Crippen molar-refractivity contribution in [2.75, 3.05) is 59.3 Å². The van der Waals surface area contributed by atoms with Crippen LogP contribution in [0.4, 0.5) is 23.3 Å².